The molecule has 2 aliphatic rings. The van der Waals surface area contributed by atoms with Gasteiger partial charge in [-0.2, -0.15) is 0 Å². The van der Waals surface area contributed by atoms with Gasteiger partial charge in [-0.1, -0.05) is 43.6 Å². The average molecular weight is 387 g/mol. The predicted molar refractivity (Wildman–Crippen MR) is 103 cm³/mol. The highest BCUT2D eigenvalue weighted by molar-refractivity contribution is 6.31. The lowest BCUT2D eigenvalue weighted by molar-refractivity contribution is -0.144. The van der Waals surface area contributed by atoms with Gasteiger partial charge in [-0.3, -0.25) is 4.79 Å². The predicted octanol–water partition coefficient (Wildman–Crippen LogP) is 3.40. The SMILES string of the molecule is CC1(C)CN(C(=O)C2(c3ccccc3Cl)CCOCC2)CCC1N.Cl. The Morgan fingerprint density at radius 3 is 2.52 bits per heavy atom. The molecule has 6 heteroatoms. The van der Waals surface area contributed by atoms with Gasteiger partial charge >= 0.3 is 0 Å². The molecule has 0 saturated carbocycles. The molecule has 1 unspecified atom stereocenters. The van der Waals surface area contributed by atoms with E-state index < -0.39 is 5.41 Å². The van der Waals surface area contributed by atoms with Gasteiger partial charge in [0, 0.05) is 37.4 Å². The molecule has 2 fully saturated rings. The molecular weight excluding hydrogens is 359 g/mol. The lowest BCUT2D eigenvalue weighted by Gasteiger charge is -2.47. The number of amides is 1. The standard InChI is InChI=1S/C19H27ClN2O2.ClH/c1-18(2)13-22(10-7-16(18)21)17(23)19(8-11-24-12-9-19)14-5-3-4-6-15(14)20;/h3-6,16H,7-13,21H2,1-2H3;1H. The Kier molecular flexibility index (Phi) is 6.42. The lowest BCUT2D eigenvalue weighted by atomic mass is 9.71. The number of halogens is 2. The quantitative estimate of drug-likeness (QED) is 0.846. The van der Waals surface area contributed by atoms with Crippen molar-refractivity contribution in [2.24, 2.45) is 11.1 Å². The Morgan fingerprint density at radius 2 is 1.92 bits per heavy atom. The minimum Gasteiger partial charge on any atom is -0.381 e. The molecule has 25 heavy (non-hydrogen) atoms. The van der Waals surface area contributed by atoms with Gasteiger partial charge in [0.05, 0.1) is 5.41 Å². The second kappa shape index (κ2) is 7.83. The van der Waals surface area contributed by atoms with E-state index in [1.807, 2.05) is 29.2 Å². The van der Waals surface area contributed by atoms with Crippen molar-refractivity contribution in [3.05, 3.63) is 34.9 Å². The summed E-state index contributed by atoms with van der Waals surface area (Å²) in [6.45, 7) is 6.88. The highest BCUT2D eigenvalue weighted by atomic mass is 35.5. The normalized spacial score (nSPS) is 25.1. The monoisotopic (exact) mass is 386 g/mol. The maximum absolute atomic E-state index is 13.6. The highest BCUT2D eigenvalue weighted by Gasteiger charge is 2.47. The number of carbonyl (C=O) groups excluding carboxylic acids is 1. The zero-order valence-electron chi connectivity index (χ0n) is 15.0. The number of hydrogen-bond acceptors (Lipinski definition) is 3. The number of nitrogens with zero attached hydrogens (tertiary/aromatic N) is 1. The molecule has 0 radical (unpaired) electrons. The van der Waals surface area contributed by atoms with Crippen LogP contribution >= 0.6 is 24.0 Å². The van der Waals surface area contributed by atoms with Crippen molar-refractivity contribution < 1.29 is 9.53 Å². The van der Waals surface area contributed by atoms with Crippen LogP contribution in [-0.4, -0.2) is 43.2 Å². The average Bonchev–Trinajstić information content (AvgIpc) is 2.57. The zero-order valence-corrected chi connectivity index (χ0v) is 16.5. The van der Waals surface area contributed by atoms with Crippen LogP contribution in [0.2, 0.25) is 5.02 Å². The largest absolute Gasteiger partial charge is 0.381 e. The van der Waals surface area contributed by atoms with Crippen LogP contribution in [0.1, 0.15) is 38.7 Å². The first-order chi connectivity index (χ1) is 11.4. The summed E-state index contributed by atoms with van der Waals surface area (Å²) in [5, 5.41) is 0.667. The minimum atomic E-state index is -0.575. The maximum Gasteiger partial charge on any atom is 0.233 e. The van der Waals surface area contributed by atoms with Crippen molar-refractivity contribution in [2.45, 2.75) is 44.6 Å². The third kappa shape index (κ3) is 3.82. The molecule has 2 N–H and O–H groups in total. The molecule has 2 aliphatic heterocycles. The molecule has 0 bridgehead atoms. The maximum atomic E-state index is 13.6. The summed E-state index contributed by atoms with van der Waals surface area (Å²) in [4.78, 5) is 15.6. The summed E-state index contributed by atoms with van der Waals surface area (Å²) in [5.41, 5.74) is 6.54. The molecular formula is C19H28Cl2N2O2. The molecule has 140 valence electrons. The molecule has 2 saturated heterocycles. The van der Waals surface area contributed by atoms with E-state index in [4.69, 9.17) is 22.1 Å². The highest BCUT2D eigenvalue weighted by Crippen LogP contribution is 2.41. The first kappa shape index (κ1) is 20.5. The number of likely N-dealkylation sites (tertiary alicyclic amines) is 1. The smallest absolute Gasteiger partial charge is 0.233 e. The molecule has 0 spiro atoms. The summed E-state index contributed by atoms with van der Waals surface area (Å²) >= 11 is 6.48. The molecule has 1 atom stereocenters. The molecule has 0 aliphatic carbocycles. The third-order valence-corrected chi connectivity index (χ3v) is 6.07. The number of rotatable bonds is 2. The summed E-state index contributed by atoms with van der Waals surface area (Å²) in [6.07, 6.45) is 2.20. The first-order valence-electron chi connectivity index (χ1n) is 8.74. The van der Waals surface area contributed by atoms with Gasteiger partial charge in [-0.05, 0) is 36.3 Å². The van der Waals surface area contributed by atoms with E-state index in [0.717, 1.165) is 18.5 Å². The van der Waals surface area contributed by atoms with Crippen LogP contribution in [0.15, 0.2) is 24.3 Å². The molecule has 3 rings (SSSR count). The van der Waals surface area contributed by atoms with Crippen molar-refractivity contribution in [2.75, 3.05) is 26.3 Å². The van der Waals surface area contributed by atoms with Crippen LogP contribution in [-0.2, 0) is 14.9 Å². The number of benzene rings is 1. The van der Waals surface area contributed by atoms with Crippen molar-refractivity contribution in [3.63, 3.8) is 0 Å². The number of carbonyl (C=O) groups is 1. The summed E-state index contributed by atoms with van der Waals surface area (Å²) in [5.74, 6) is 0.180. The Balaban J connectivity index is 0.00000225. The van der Waals surface area contributed by atoms with Crippen molar-refractivity contribution in [1.82, 2.24) is 4.90 Å². The minimum absolute atomic E-state index is 0. The fourth-order valence-corrected chi connectivity index (χ4v) is 4.33. The van der Waals surface area contributed by atoms with Crippen LogP contribution in [0.25, 0.3) is 0 Å². The van der Waals surface area contributed by atoms with Gasteiger partial charge in [-0.25, -0.2) is 0 Å². The Labute approximate surface area is 161 Å². The Bertz CT molecular complexity index is 615. The van der Waals surface area contributed by atoms with Gasteiger partial charge in [0.1, 0.15) is 0 Å². The van der Waals surface area contributed by atoms with Crippen LogP contribution in [0.5, 0.6) is 0 Å². The molecule has 1 aromatic rings. The summed E-state index contributed by atoms with van der Waals surface area (Å²) in [7, 11) is 0. The third-order valence-electron chi connectivity index (χ3n) is 5.74. The van der Waals surface area contributed by atoms with Gasteiger partial charge in [0.15, 0.2) is 0 Å². The van der Waals surface area contributed by atoms with E-state index in [1.54, 1.807) is 0 Å². The molecule has 4 nitrogen and oxygen atoms in total. The number of ether oxygens (including phenoxy) is 1. The van der Waals surface area contributed by atoms with E-state index in [0.29, 0.717) is 37.6 Å². The fourth-order valence-electron chi connectivity index (χ4n) is 4.02. The molecule has 0 aromatic heterocycles. The van der Waals surface area contributed by atoms with Crippen molar-refractivity contribution in [1.29, 1.82) is 0 Å². The topological polar surface area (TPSA) is 55.6 Å². The van der Waals surface area contributed by atoms with Crippen molar-refractivity contribution in [3.8, 4) is 0 Å². The Hall–Kier alpha value is -0.810. The number of hydrogen-bond donors (Lipinski definition) is 1. The molecule has 2 heterocycles. The number of piperidine rings is 1. The van der Waals surface area contributed by atoms with E-state index >= 15 is 0 Å². The second-order valence-electron chi connectivity index (χ2n) is 7.78. The van der Waals surface area contributed by atoms with Crippen LogP contribution in [0.4, 0.5) is 0 Å². The fraction of sp³-hybridized carbons (Fsp3) is 0.632. The van der Waals surface area contributed by atoms with Crippen LogP contribution < -0.4 is 5.73 Å². The van der Waals surface area contributed by atoms with E-state index in [1.165, 1.54) is 0 Å². The summed E-state index contributed by atoms with van der Waals surface area (Å²) < 4.78 is 5.55. The van der Waals surface area contributed by atoms with Gasteiger partial charge < -0.3 is 15.4 Å². The zero-order chi connectivity index (χ0) is 17.4. The van der Waals surface area contributed by atoms with E-state index in [2.05, 4.69) is 13.8 Å². The van der Waals surface area contributed by atoms with E-state index in [9.17, 15) is 4.79 Å². The van der Waals surface area contributed by atoms with E-state index in [-0.39, 0.29) is 29.8 Å². The molecule has 1 amide bonds. The summed E-state index contributed by atoms with van der Waals surface area (Å²) in [6, 6.07) is 7.87. The van der Waals surface area contributed by atoms with Crippen molar-refractivity contribution >= 4 is 29.9 Å². The first-order valence-corrected chi connectivity index (χ1v) is 9.12. The molecule has 1 aromatic carbocycles. The Morgan fingerprint density at radius 1 is 1.28 bits per heavy atom. The van der Waals surface area contributed by atoms with Gasteiger partial charge in [0.25, 0.3) is 0 Å². The number of nitrogens with two attached hydrogens (primary N) is 1. The van der Waals surface area contributed by atoms with Gasteiger partial charge in [0.2, 0.25) is 5.91 Å². The lowest BCUT2D eigenvalue weighted by Crippen LogP contribution is -2.58. The second-order valence-corrected chi connectivity index (χ2v) is 8.19. The van der Waals surface area contributed by atoms with Crippen LogP contribution in [0.3, 0.4) is 0 Å². The van der Waals surface area contributed by atoms with Crippen LogP contribution in [0, 0.1) is 5.41 Å². The van der Waals surface area contributed by atoms with Gasteiger partial charge in [-0.15, -0.1) is 12.4 Å².